The average molecular weight is 195 g/mol. The van der Waals surface area contributed by atoms with Gasteiger partial charge in [0.15, 0.2) is 0 Å². The highest BCUT2D eigenvalue weighted by atomic mass is 19.4. The second-order valence-corrected chi connectivity index (χ2v) is 2.19. The molecule has 0 amide bonds. The summed E-state index contributed by atoms with van der Waals surface area (Å²) >= 11 is 0. The van der Waals surface area contributed by atoms with Crippen LogP contribution in [0.5, 0.6) is 0 Å². The molecule has 5 nitrogen and oxygen atoms in total. The van der Waals surface area contributed by atoms with Gasteiger partial charge in [-0.1, -0.05) is 0 Å². The molecule has 0 saturated carbocycles. The zero-order chi connectivity index (χ0) is 10.2. The molecule has 1 aromatic heterocycles. The highest BCUT2D eigenvalue weighted by molar-refractivity contribution is 5.83. The third kappa shape index (κ3) is 1.76. The van der Waals surface area contributed by atoms with Crippen molar-refractivity contribution < 1.29 is 23.1 Å². The Morgan fingerprint density at radius 2 is 2.08 bits per heavy atom. The molecule has 0 bridgehead atoms. The van der Waals surface area contributed by atoms with Crippen molar-refractivity contribution in [1.82, 2.24) is 14.8 Å². The van der Waals surface area contributed by atoms with E-state index in [0.717, 1.165) is 7.05 Å². The van der Waals surface area contributed by atoms with Crippen LogP contribution in [0.4, 0.5) is 13.2 Å². The lowest BCUT2D eigenvalue weighted by Crippen LogP contribution is -2.08. The number of alkyl halides is 3. The minimum absolute atomic E-state index is 0.561. The van der Waals surface area contributed by atoms with Crippen molar-refractivity contribution in [2.24, 2.45) is 7.05 Å². The van der Waals surface area contributed by atoms with Crippen LogP contribution >= 0.6 is 0 Å². The SMILES string of the molecule is Cn1nc(C(F)(F)F)nc1C(=O)O. The number of hydrogen-bond donors (Lipinski definition) is 1. The molecule has 0 fully saturated rings. The smallest absolute Gasteiger partial charge is 0.453 e. The average Bonchev–Trinajstić information content (AvgIpc) is 2.29. The summed E-state index contributed by atoms with van der Waals surface area (Å²) in [5, 5.41) is 11.3. The van der Waals surface area contributed by atoms with Gasteiger partial charge >= 0.3 is 12.1 Å². The molecule has 8 heteroatoms. The predicted octanol–water partition coefficient (Wildman–Crippen LogP) is 0.532. The van der Waals surface area contributed by atoms with Crippen LogP contribution in [0.1, 0.15) is 16.4 Å². The van der Waals surface area contributed by atoms with Crippen LogP contribution < -0.4 is 0 Å². The summed E-state index contributed by atoms with van der Waals surface area (Å²) < 4.78 is 36.3. The van der Waals surface area contributed by atoms with Gasteiger partial charge in [0, 0.05) is 7.05 Å². The maximum absolute atomic E-state index is 11.9. The number of carbonyl (C=O) groups is 1. The van der Waals surface area contributed by atoms with Crippen molar-refractivity contribution in [3.8, 4) is 0 Å². The highest BCUT2D eigenvalue weighted by Gasteiger charge is 2.37. The minimum atomic E-state index is -4.72. The molecule has 1 rings (SSSR count). The van der Waals surface area contributed by atoms with Gasteiger partial charge in [-0.15, -0.1) is 5.10 Å². The van der Waals surface area contributed by atoms with Gasteiger partial charge in [-0.25, -0.2) is 9.48 Å². The van der Waals surface area contributed by atoms with E-state index in [4.69, 9.17) is 5.11 Å². The molecule has 1 N–H and O–H groups in total. The minimum Gasteiger partial charge on any atom is -0.475 e. The van der Waals surface area contributed by atoms with Gasteiger partial charge in [0.2, 0.25) is 5.82 Å². The zero-order valence-corrected chi connectivity index (χ0v) is 6.33. The molecule has 0 unspecified atom stereocenters. The van der Waals surface area contributed by atoms with Gasteiger partial charge in [0.25, 0.3) is 5.82 Å². The fourth-order valence-corrected chi connectivity index (χ4v) is 0.691. The largest absolute Gasteiger partial charge is 0.475 e. The van der Waals surface area contributed by atoms with Crippen molar-refractivity contribution in [3.05, 3.63) is 11.6 Å². The summed E-state index contributed by atoms with van der Waals surface area (Å²) in [6.07, 6.45) is -4.72. The van der Waals surface area contributed by atoms with E-state index >= 15 is 0 Å². The number of aromatic nitrogens is 3. The van der Waals surface area contributed by atoms with Crippen molar-refractivity contribution in [2.45, 2.75) is 6.18 Å². The molecule has 72 valence electrons. The van der Waals surface area contributed by atoms with E-state index < -0.39 is 23.8 Å². The Bertz CT molecular complexity index is 343. The topological polar surface area (TPSA) is 68.0 Å². The standard InChI is InChI=1S/C5H4F3N3O2/c1-11-2(3(12)13)9-4(10-11)5(6,7)8/h1H3,(H,12,13). The number of rotatable bonds is 1. The molecule has 1 aromatic rings. The molecular formula is C5H4F3N3O2. The number of aromatic carboxylic acids is 1. The van der Waals surface area contributed by atoms with Crippen LogP contribution in [0, 0.1) is 0 Å². The molecule has 0 saturated heterocycles. The van der Waals surface area contributed by atoms with Gasteiger partial charge in [0.05, 0.1) is 0 Å². The third-order valence-electron chi connectivity index (χ3n) is 1.21. The van der Waals surface area contributed by atoms with E-state index in [2.05, 4.69) is 10.1 Å². The lowest BCUT2D eigenvalue weighted by Gasteiger charge is -1.97. The maximum Gasteiger partial charge on any atom is 0.453 e. The Hall–Kier alpha value is -1.60. The lowest BCUT2D eigenvalue weighted by molar-refractivity contribution is -0.144. The van der Waals surface area contributed by atoms with Crippen LogP contribution in [0.2, 0.25) is 0 Å². The van der Waals surface area contributed by atoms with Gasteiger partial charge in [0.1, 0.15) is 0 Å². The number of carboxylic acids is 1. The quantitative estimate of drug-likeness (QED) is 0.709. The first-order chi connectivity index (χ1) is 5.82. The normalized spacial score (nSPS) is 11.7. The Kier molecular flexibility index (Phi) is 1.98. The fraction of sp³-hybridized carbons (Fsp3) is 0.400. The number of carboxylic acid groups (broad SMARTS) is 1. The molecular weight excluding hydrogens is 191 g/mol. The number of hydrogen-bond acceptors (Lipinski definition) is 3. The van der Waals surface area contributed by atoms with Crippen LogP contribution in [0.3, 0.4) is 0 Å². The number of aryl methyl sites for hydroxylation is 1. The fourth-order valence-electron chi connectivity index (χ4n) is 0.691. The van der Waals surface area contributed by atoms with Gasteiger partial charge < -0.3 is 5.11 Å². The van der Waals surface area contributed by atoms with Crippen LogP contribution in [-0.4, -0.2) is 25.8 Å². The third-order valence-corrected chi connectivity index (χ3v) is 1.21. The molecule has 0 radical (unpaired) electrons. The molecule has 0 spiro atoms. The summed E-state index contributed by atoms with van der Waals surface area (Å²) in [5.74, 6) is -3.75. The predicted molar refractivity (Wildman–Crippen MR) is 33.0 cm³/mol. The summed E-state index contributed by atoms with van der Waals surface area (Å²) in [4.78, 5) is 13.1. The zero-order valence-electron chi connectivity index (χ0n) is 6.33. The van der Waals surface area contributed by atoms with E-state index in [1.165, 1.54) is 0 Å². The second kappa shape index (κ2) is 2.71. The van der Waals surface area contributed by atoms with E-state index in [1.807, 2.05) is 0 Å². The maximum atomic E-state index is 11.9. The second-order valence-electron chi connectivity index (χ2n) is 2.19. The first-order valence-electron chi connectivity index (χ1n) is 3.04. The molecule has 0 atom stereocenters. The summed E-state index contributed by atoms with van der Waals surface area (Å²) in [7, 11) is 1.08. The van der Waals surface area contributed by atoms with Gasteiger partial charge in [-0.05, 0) is 0 Å². The molecule has 0 aliphatic heterocycles. The Morgan fingerprint density at radius 1 is 1.54 bits per heavy atom. The highest BCUT2D eigenvalue weighted by Crippen LogP contribution is 2.25. The van der Waals surface area contributed by atoms with Crippen LogP contribution in [-0.2, 0) is 13.2 Å². The summed E-state index contributed by atoms with van der Waals surface area (Å²) in [6, 6.07) is 0. The monoisotopic (exact) mass is 195 g/mol. The first-order valence-corrected chi connectivity index (χ1v) is 3.04. The van der Waals surface area contributed by atoms with Gasteiger partial charge in [-0.2, -0.15) is 18.2 Å². The van der Waals surface area contributed by atoms with Crippen molar-refractivity contribution in [2.75, 3.05) is 0 Å². The van der Waals surface area contributed by atoms with Crippen LogP contribution in [0.15, 0.2) is 0 Å². The number of halogens is 3. The lowest BCUT2D eigenvalue weighted by atomic mass is 10.6. The Labute approximate surface area is 69.8 Å². The van der Waals surface area contributed by atoms with E-state index in [-0.39, 0.29) is 0 Å². The van der Waals surface area contributed by atoms with Crippen LogP contribution in [0.25, 0.3) is 0 Å². The summed E-state index contributed by atoms with van der Waals surface area (Å²) in [5.41, 5.74) is 0. The van der Waals surface area contributed by atoms with E-state index in [1.54, 1.807) is 0 Å². The molecule has 13 heavy (non-hydrogen) atoms. The Balaban J connectivity index is 3.17. The summed E-state index contributed by atoms with van der Waals surface area (Å²) in [6.45, 7) is 0. The van der Waals surface area contributed by atoms with Crippen molar-refractivity contribution in [1.29, 1.82) is 0 Å². The van der Waals surface area contributed by atoms with Crippen molar-refractivity contribution >= 4 is 5.97 Å². The molecule has 1 heterocycles. The van der Waals surface area contributed by atoms with Gasteiger partial charge in [-0.3, -0.25) is 0 Å². The van der Waals surface area contributed by atoms with E-state index in [0.29, 0.717) is 4.68 Å². The molecule has 0 aliphatic rings. The molecule has 0 aliphatic carbocycles. The van der Waals surface area contributed by atoms with E-state index in [9.17, 15) is 18.0 Å². The molecule has 0 aromatic carbocycles. The van der Waals surface area contributed by atoms with Crippen molar-refractivity contribution in [3.63, 3.8) is 0 Å². The Morgan fingerprint density at radius 3 is 2.31 bits per heavy atom. The number of nitrogens with zero attached hydrogens (tertiary/aromatic N) is 3. The first kappa shape index (κ1) is 9.49.